The third-order valence-corrected chi connectivity index (χ3v) is 6.13. The highest BCUT2D eigenvalue weighted by Crippen LogP contribution is 2.45. The van der Waals surface area contributed by atoms with Crippen LogP contribution >= 0.6 is 0 Å². The number of para-hydroxylation sites is 2. The number of nitro groups is 1. The van der Waals surface area contributed by atoms with E-state index in [4.69, 9.17) is 9.47 Å². The van der Waals surface area contributed by atoms with Crippen LogP contribution in [0.15, 0.2) is 42.5 Å². The molecule has 35 heavy (non-hydrogen) atoms. The molecule has 1 aliphatic carbocycles. The fourth-order valence-electron chi connectivity index (χ4n) is 4.57. The van der Waals surface area contributed by atoms with E-state index in [0.29, 0.717) is 24.2 Å². The lowest BCUT2D eigenvalue weighted by molar-refractivity contribution is -0.384. The van der Waals surface area contributed by atoms with E-state index >= 15 is 0 Å². The first-order chi connectivity index (χ1) is 16.8. The topological polar surface area (TPSA) is 145 Å². The fourth-order valence-corrected chi connectivity index (χ4v) is 4.57. The van der Waals surface area contributed by atoms with Crippen LogP contribution in [0.5, 0.6) is 0 Å². The average molecular weight is 481 g/mol. The lowest BCUT2D eigenvalue weighted by Gasteiger charge is -2.44. The third kappa shape index (κ3) is 4.44. The normalized spacial score (nSPS) is 15.8. The SMILES string of the molecule is CCOC(=O)c1cc(C(=O)OCC(=O)N2c3ccccc3NC(=O)C23CCCC3)cc([N+](=O)[O-])c1. The van der Waals surface area contributed by atoms with Crippen molar-refractivity contribution in [2.24, 2.45) is 0 Å². The zero-order chi connectivity index (χ0) is 25.2. The summed E-state index contributed by atoms with van der Waals surface area (Å²) in [5, 5.41) is 14.1. The minimum Gasteiger partial charge on any atom is -0.462 e. The van der Waals surface area contributed by atoms with E-state index in [-0.39, 0.29) is 23.6 Å². The molecule has 182 valence electrons. The summed E-state index contributed by atoms with van der Waals surface area (Å²) in [5.74, 6) is -2.74. The minimum absolute atomic E-state index is 0.0441. The predicted molar refractivity (Wildman–Crippen MR) is 123 cm³/mol. The van der Waals surface area contributed by atoms with Crippen molar-refractivity contribution in [2.45, 2.75) is 38.1 Å². The number of rotatable bonds is 6. The minimum atomic E-state index is -1.07. The molecule has 0 unspecified atom stereocenters. The number of fused-ring (bicyclic) bond motifs is 1. The average Bonchev–Trinajstić information content (AvgIpc) is 3.33. The molecule has 0 saturated heterocycles. The number of nitrogens with zero attached hydrogens (tertiary/aromatic N) is 2. The van der Waals surface area contributed by atoms with Gasteiger partial charge in [0.1, 0.15) is 5.54 Å². The Morgan fingerprint density at radius 1 is 1.06 bits per heavy atom. The maximum absolute atomic E-state index is 13.3. The van der Waals surface area contributed by atoms with Gasteiger partial charge in [-0.05, 0) is 38.0 Å². The quantitative estimate of drug-likeness (QED) is 0.376. The summed E-state index contributed by atoms with van der Waals surface area (Å²) in [6, 6.07) is 9.93. The number of anilines is 2. The molecule has 4 rings (SSSR count). The van der Waals surface area contributed by atoms with Gasteiger partial charge in [-0.15, -0.1) is 0 Å². The molecule has 0 radical (unpaired) electrons. The molecule has 2 aromatic rings. The summed E-state index contributed by atoms with van der Waals surface area (Å²) in [7, 11) is 0. The number of non-ortho nitro benzene ring substituents is 1. The highest BCUT2D eigenvalue weighted by Gasteiger charge is 2.52. The summed E-state index contributed by atoms with van der Waals surface area (Å²) in [4.78, 5) is 63.0. The molecular formula is C24H23N3O8. The Morgan fingerprint density at radius 2 is 1.69 bits per heavy atom. The maximum atomic E-state index is 13.3. The Balaban J connectivity index is 1.58. The monoisotopic (exact) mass is 481 g/mol. The van der Waals surface area contributed by atoms with Gasteiger partial charge >= 0.3 is 11.9 Å². The maximum Gasteiger partial charge on any atom is 0.338 e. The van der Waals surface area contributed by atoms with Gasteiger partial charge in [0, 0.05) is 12.1 Å². The van der Waals surface area contributed by atoms with Crippen molar-refractivity contribution >= 4 is 40.8 Å². The van der Waals surface area contributed by atoms with E-state index in [1.54, 1.807) is 31.2 Å². The summed E-state index contributed by atoms with van der Waals surface area (Å²) < 4.78 is 10.0. The van der Waals surface area contributed by atoms with Crippen molar-refractivity contribution in [3.8, 4) is 0 Å². The molecule has 2 aliphatic rings. The number of ether oxygens (including phenoxy) is 2. The van der Waals surface area contributed by atoms with Crippen LogP contribution in [0.25, 0.3) is 0 Å². The lowest BCUT2D eigenvalue weighted by Crippen LogP contribution is -2.61. The standard InChI is InChI=1S/C24H23N3O8/c1-2-34-21(29)15-11-16(13-17(12-15)27(32)33)22(30)35-14-20(28)26-19-8-4-3-7-18(19)25-23(31)24(26)9-5-6-10-24/h3-4,7-8,11-13H,2,5-6,9-10,14H2,1H3,(H,25,31). The first kappa shape index (κ1) is 23.9. The van der Waals surface area contributed by atoms with Gasteiger partial charge in [0.15, 0.2) is 6.61 Å². The highest BCUT2D eigenvalue weighted by molar-refractivity contribution is 6.15. The molecule has 2 amide bonds. The molecule has 1 N–H and O–H groups in total. The molecule has 1 saturated carbocycles. The molecular weight excluding hydrogens is 458 g/mol. The zero-order valence-corrected chi connectivity index (χ0v) is 18.9. The molecule has 11 heteroatoms. The van der Waals surface area contributed by atoms with Crippen LogP contribution < -0.4 is 10.2 Å². The number of esters is 2. The fraction of sp³-hybridized carbons (Fsp3) is 0.333. The van der Waals surface area contributed by atoms with Gasteiger partial charge in [-0.3, -0.25) is 24.6 Å². The molecule has 1 aliphatic heterocycles. The van der Waals surface area contributed by atoms with Gasteiger partial charge in [-0.2, -0.15) is 0 Å². The molecule has 1 spiro atoms. The Hall–Kier alpha value is -4.28. The Morgan fingerprint density at radius 3 is 2.31 bits per heavy atom. The van der Waals surface area contributed by atoms with Crippen molar-refractivity contribution in [3.63, 3.8) is 0 Å². The number of carbonyl (C=O) groups excluding carboxylic acids is 4. The number of carbonyl (C=O) groups is 4. The van der Waals surface area contributed by atoms with Crippen molar-refractivity contribution < 1.29 is 33.6 Å². The highest BCUT2D eigenvalue weighted by atomic mass is 16.6. The van der Waals surface area contributed by atoms with Gasteiger partial charge in [0.25, 0.3) is 17.5 Å². The smallest absolute Gasteiger partial charge is 0.338 e. The van der Waals surface area contributed by atoms with Crippen LogP contribution in [-0.2, 0) is 19.1 Å². The van der Waals surface area contributed by atoms with Gasteiger partial charge in [0.05, 0.1) is 34.0 Å². The van der Waals surface area contributed by atoms with E-state index in [1.165, 1.54) is 4.90 Å². The second-order valence-electron chi connectivity index (χ2n) is 8.26. The van der Waals surface area contributed by atoms with Gasteiger partial charge in [-0.25, -0.2) is 9.59 Å². The summed E-state index contributed by atoms with van der Waals surface area (Å²) >= 11 is 0. The van der Waals surface area contributed by atoms with E-state index in [9.17, 15) is 29.3 Å². The number of nitrogens with one attached hydrogen (secondary N) is 1. The van der Waals surface area contributed by atoms with Crippen LogP contribution in [0.3, 0.4) is 0 Å². The Bertz CT molecular complexity index is 1220. The molecule has 1 fully saturated rings. The zero-order valence-electron chi connectivity index (χ0n) is 18.9. The second-order valence-corrected chi connectivity index (χ2v) is 8.26. The summed E-state index contributed by atoms with van der Waals surface area (Å²) in [6.45, 7) is 0.925. The van der Waals surface area contributed by atoms with Crippen LogP contribution in [0.4, 0.5) is 17.1 Å². The molecule has 11 nitrogen and oxygen atoms in total. The van der Waals surface area contributed by atoms with Gasteiger partial charge < -0.3 is 14.8 Å². The lowest BCUT2D eigenvalue weighted by atomic mass is 9.90. The molecule has 0 atom stereocenters. The number of benzene rings is 2. The number of hydrogen-bond donors (Lipinski definition) is 1. The van der Waals surface area contributed by atoms with Crippen molar-refractivity contribution in [3.05, 3.63) is 63.7 Å². The second kappa shape index (κ2) is 9.53. The molecule has 1 heterocycles. The predicted octanol–water partition coefficient (Wildman–Crippen LogP) is 3.23. The van der Waals surface area contributed by atoms with Gasteiger partial charge in [0.2, 0.25) is 0 Å². The number of hydrogen-bond acceptors (Lipinski definition) is 8. The Labute approximate surface area is 200 Å². The largest absolute Gasteiger partial charge is 0.462 e. The molecule has 0 aromatic heterocycles. The Kier molecular flexibility index (Phi) is 6.50. The van der Waals surface area contributed by atoms with Gasteiger partial charge in [-0.1, -0.05) is 25.0 Å². The van der Waals surface area contributed by atoms with E-state index in [0.717, 1.165) is 31.0 Å². The number of nitro benzene ring substituents is 1. The van der Waals surface area contributed by atoms with E-state index in [1.807, 2.05) is 0 Å². The number of amides is 2. The summed E-state index contributed by atoms with van der Waals surface area (Å²) in [5.41, 5.74) is -1.04. The molecule has 0 bridgehead atoms. The van der Waals surface area contributed by atoms with Crippen LogP contribution in [0, 0.1) is 10.1 Å². The van der Waals surface area contributed by atoms with E-state index < -0.39 is 40.6 Å². The van der Waals surface area contributed by atoms with Crippen molar-refractivity contribution in [1.29, 1.82) is 0 Å². The third-order valence-electron chi connectivity index (χ3n) is 6.13. The molecule has 2 aromatic carbocycles. The first-order valence-electron chi connectivity index (χ1n) is 11.1. The van der Waals surface area contributed by atoms with E-state index in [2.05, 4.69) is 5.32 Å². The van der Waals surface area contributed by atoms with Crippen LogP contribution in [0.2, 0.25) is 0 Å². The van der Waals surface area contributed by atoms with Crippen molar-refractivity contribution in [2.75, 3.05) is 23.4 Å². The van der Waals surface area contributed by atoms with Crippen LogP contribution in [0.1, 0.15) is 53.3 Å². The van der Waals surface area contributed by atoms with Crippen LogP contribution in [-0.4, -0.2) is 47.4 Å². The first-order valence-corrected chi connectivity index (χ1v) is 11.1. The van der Waals surface area contributed by atoms with Crippen molar-refractivity contribution in [1.82, 2.24) is 0 Å². The summed E-state index contributed by atoms with van der Waals surface area (Å²) in [6.07, 6.45) is 2.48.